The fourth-order valence-corrected chi connectivity index (χ4v) is 2.88. The quantitative estimate of drug-likeness (QED) is 0.723. The normalized spacial score (nSPS) is 10.7. The van der Waals surface area contributed by atoms with E-state index in [0.29, 0.717) is 5.69 Å². The molecule has 0 aliphatic rings. The number of aromatic nitrogens is 1. The molecule has 2 aromatic carbocycles. The number of fused-ring (bicyclic) bond motifs is 1. The maximum Gasteiger partial charge on any atom is 0.339 e. The zero-order valence-electron chi connectivity index (χ0n) is 10.9. The number of ether oxygens (including phenoxy) is 1. The third-order valence-corrected chi connectivity index (χ3v) is 3.96. The molecule has 3 N–H and O–H groups in total. The molecular weight excluding hydrogens is 288 g/mol. The lowest BCUT2D eigenvalue weighted by Gasteiger charge is -2.10. The molecule has 3 aromatic rings. The zero-order valence-corrected chi connectivity index (χ0v) is 11.8. The Morgan fingerprint density at radius 2 is 2.05 bits per heavy atom. The van der Waals surface area contributed by atoms with Gasteiger partial charge in [0.1, 0.15) is 17.2 Å². The zero-order chi connectivity index (χ0) is 14.8. The number of nitrogen functional groups attached to an aromatic ring is 1. The molecule has 0 aliphatic heterocycles. The number of hydrogen-bond donors (Lipinski definition) is 2. The van der Waals surface area contributed by atoms with Crippen molar-refractivity contribution in [2.75, 3.05) is 5.73 Å². The van der Waals surface area contributed by atoms with Crippen molar-refractivity contribution in [1.82, 2.24) is 4.98 Å². The summed E-state index contributed by atoms with van der Waals surface area (Å²) in [5, 5.41) is 9.93. The third kappa shape index (κ3) is 2.66. The van der Waals surface area contributed by atoms with Crippen molar-refractivity contribution < 1.29 is 14.6 Å². The van der Waals surface area contributed by atoms with Crippen LogP contribution in [0, 0.1) is 0 Å². The highest BCUT2D eigenvalue weighted by Crippen LogP contribution is 2.28. The van der Waals surface area contributed by atoms with E-state index >= 15 is 0 Å². The molecule has 0 fully saturated rings. The number of carboxylic acid groups (broad SMARTS) is 1. The van der Waals surface area contributed by atoms with Gasteiger partial charge in [0.15, 0.2) is 5.75 Å². The van der Waals surface area contributed by atoms with E-state index in [0.717, 1.165) is 15.2 Å². The van der Waals surface area contributed by atoms with E-state index in [1.807, 2.05) is 24.3 Å². The van der Waals surface area contributed by atoms with Crippen LogP contribution in [0.5, 0.6) is 5.75 Å². The average molecular weight is 300 g/mol. The number of nitrogens with zero attached hydrogens (tertiary/aromatic N) is 1. The first-order chi connectivity index (χ1) is 10.1. The molecule has 0 aliphatic carbocycles. The topological polar surface area (TPSA) is 85.4 Å². The highest BCUT2D eigenvalue weighted by atomic mass is 32.1. The van der Waals surface area contributed by atoms with Crippen molar-refractivity contribution in [2.24, 2.45) is 0 Å². The van der Waals surface area contributed by atoms with Crippen LogP contribution < -0.4 is 10.5 Å². The molecule has 6 heteroatoms. The van der Waals surface area contributed by atoms with Gasteiger partial charge in [-0.25, -0.2) is 9.78 Å². The number of rotatable bonds is 4. The van der Waals surface area contributed by atoms with E-state index in [1.165, 1.54) is 17.4 Å². The highest BCUT2D eigenvalue weighted by Gasteiger charge is 2.14. The SMILES string of the molecule is Nc1cccc(C(=O)O)c1OCc1nc2ccccc2s1. The molecule has 0 radical (unpaired) electrons. The Morgan fingerprint density at radius 3 is 2.81 bits per heavy atom. The first kappa shape index (κ1) is 13.4. The largest absolute Gasteiger partial charge is 0.483 e. The van der Waals surface area contributed by atoms with Crippen molar-refractivity contribution in [3.05, 3.63) is 53.0 Å². The Hall–Kier alpha value is -2.60. The number of anilines is 1. The summed E-state index contributed by atoms with van der Waals surface area (Å²) in [6, 6.07) is 12.4. The van der Waals surface area contributed by atoms with Gasteiger partial charge in [0, 0.05) is 0 Å². The summed E-state index contributed by atoms with van der Waals surface area (Å²) in [4.78, 5) is 15.6. The molecule has 106 valence electrons. The number of para-hydroxylation sites is 2. The molecule has 0 spiro atoms. The first-order valence-corrected chi connectivity index (χ1v) is 7.06. The Balaban J connectivity index is 1.86. The number of carboxylic acids is 1. The summed E-state index contributed by atoms with van der Waals surface area (Å²) < 4.78 is 6.65. The minimum Gasteiger partial charge on any atom is -0.483 e. The second-order valence-electron chi connectivity index (χ2n) is 4.39. The Bertz CT molecular complexity index is 781. The first-order valence-electron chi connectivity index (χ1n) is 6.24. The van der Waals surface area contributed by atoms with Crippen LogP contribution in [0.3, 0.4) is 0 Å². The van der Waals surface area contributed by atoms with Gasteiger partial charge >= 0.3 is 5.97 Å². The Labute approximate surface area is 124 Å². The predicted molar refractivity (Wildman–Crippen MR) is 81.8 cm³/mol. The summed E-state index contributed by atoms with van der Waals surface area (Å²) in [6.45, 7) is 0.188. The molecular formula is C15H12N2O3S. The molecule has 1 aromatic heterocycles. The second kappa shape index (κ2) is 5.41. The summed E-state index contributed by atoms with van der Waals surface area (Å²) in [6.07, 6.45) is 0. The average Bonchev–Trinajstić information content (AvgIpc) is 2.88. The van der Waals surface area contributed by atoms with Crippen LogP contribution in [-0.4, -0.2) is 16.1 Å². The van der Waals surface area contributed by atoms with Crippen LogP contribution in [0.1, 0.15) is 15.4 Å². The minimum absolute atomic E-state index is 0.0520. The van der Waals surface area contributed by atoms with E-state index in [4.69, 9.17) is 15.6 Å². The predicted octanol–water partition coefficient (Wildman–Crippen LogP) is 3.16. The van der Waals surface area contributed by atoms with E-state index < -0.39 is 5.97 Å². The third-order valence-electron chi connectivity index (χ3n) is 2.95. The molecule has 3 rings (SSSR count). The van der Waals surface area contributed by atoms with Gasteiger partial charge in [-0.3, -0.25) is 0 Å². The molecule has 0 saturated carbocycles. The van der Waals surface area contributed by atoms with Gasteiger partial charge in [-0.2, -0.15) is 0 Å². The molecule has 0 saturated heterocycles. The molecule has 1 heterocycles. The lowest BCUT2D eigenvalue weighted by Crippen LogP contribution is -2.05. The Kier molecular flexibility index (Phi) is 3.45. The lowest BCUT2D eigenvalue weighted by atomic mass is 10.2. The number of benzene rings is 2. The van der Waals surface area contributed by atoms with Crippen LogP contribution in [0.4, 0.5) is 5.69 Å². The molecule has 0 amide bonds. The van der Waals surface area contributed by atoms with Crippen LogP contribution in [0.15, 0.2) is 42.5 Å². The standard InChI is InChI=1S/C15H12N2O3S/c16-10-5-3-4-9(15(18)19)14(10)20-8-13-17-11-6-1-2-7-12(11)21-13/h1-7H,8,16H2,(H,18,19). The number of nitrogens with two attached hydrogens (primary N) is 1. The van der Waals surface area contributed by atoms with Crippen LogP contribution >= 0.6 is 11.3 Å². The van der Waals surface area contributed by atoms with Crippen LogP contribution in [-0.2, 0) is 6.61 Å². The molecule has 0 unspecified atom stereocenters. The van der Waals surface area contributed by atoms with Crippen molar-refractivity contribution in [3.63, 3.8) is 0 Å². The van der Waals surface area contributed by atoms with Crippen molar-refractivity contribution in [2.45, 2.75) is 6.61 Å². The number of thiazole rings is 1. The van der Waals surface area contributed by atoms with Gasteiger partial charge in [-0.15, -0.1) is 11.3 Å². The summed E-state index contributed by atoms with van der Waals surface area (Å²) >= 11 is 1.51. The van der Waals surface area contributed by atoms with Crippen molar-refractivity contribution >= 4 is 33.2 Å². The fraction of sp³-hybridized carbons (Fsp3) is 0.0667. The lowest BCUT2D eigenvalue weighted by molar-refractivity contribution is 0.0692. The smallest absolute Gasteiger partial charge is 0.339 e. The van der Waals surface area contributed by atoms with Crippen LogP contribution in [0.25, 0.3) is 10.2 Å². The van der Waals surface area contributed by atoms with Gasteiger partial charge in [0.05, 0.1) is 15.9 Å². The highest BCUT2D eigenvalue weighted by molar-refractivity contribution is 7.18. The van der Waals surface area contributed by atoms with Gasteiger partial charge in [0.25, 0.3) is 0 Å². The minimum atomic E-state index is -1.07. The maximum absolute atomic E-state index is 11.2. The monoisotopic (exact) mass is 300 g/mol. The van der Waals surface area contributed by atoms with E-state index in [-0.39, 0.29) is 17.9 Å². The fourth-order valence-electron chi connectivity index (χ4n) is 2.00. The summed E-state index contributed by atoms with van der Waals surface area (Å²) in [7, 11) is 0. The van der Waals surface area contributed by atoms with Crippen molar-refractivity contribution in [3.8, 4) is 5.75 Å². The summed E-state index contributed by atoms with van der Waals surface area (Å²) in [5.41, 5.74) is 7.05. The summed E-state index contributed by atoms with van der Waals surface area (Å²) in [5.74, 6) is -0.883. The molecule has 0 bridgehead atoms. The number of carbonyl (C=O) groups is 1. The molecule has 0 atom stereocenters. The number of hydrogen-bond acceptors (Lipinski definition) is 5. The maximum atomic E-state index is 11.2. The van der Waals surface area contributed by atoms with E-state index in [1.54, 1.807) is 12.1 Å². The Morgan fingerprint density at radius 1 is 1.24 bits per heavy atom. The van der Waals surface area contributed by atoms with Crippen LogP contribution in [0.2, 0.25) is 0 Å². The van der Waals surface area contributed by atoms with Gasteiger partial charge in [-0.1, -0.05) is 18.2 Å². The number of aromatic carboxylic acids is 1. The van der Waals surface area contributed by atoms with Gasteiger partial charge < -0.3 is 15.6 Å². The van der Waals surface area contributed by atoms with Gasteiger partial charge in [-0.05, 0) is 24.3 Å². The van der Waals surface area contributed by atoms with E-state index in [9.17, 15) is 4.79 Å². The molecule has 5 nitrogen and oxygen atoms in total. The second-order valence-corrected chi connectivity index (χ2v) is 5.51. The van der Waals surface area contributed by atoms with Gasteiger partial charge in [0.2, 0.25) is 0 Å². The molecule has 21 heavy (non-hydrogen) atoms. The van der Waals surface area contributed by atoms with Crippen molar-refractivity contribution in [1.29, 1.82) is 0 Å². The van der Waals surface area contributed by atoms with E-state index in [2.05, 4.69) is 4.98 Å².